The summed E-state index contributed by atoms with van der Waals surface area (Å²) in [7, 11) is 0. The minimum Gasteiger partial charge on any atom is -0.492 e. The number of rotatable bonds is 4. The van der Waals surface area contributed by atoms with Gasteiger partial charge in [0, 0.05) is 18.7 Å². The Balaban J connectivity index is 1.81. The van der Waals surface area contributed by atoms with Gasteiger partial charge in [-0.1, -0.05) is 17.7 Å². The third-order valence-corrected chi connectivity index (χ3v) is 4.27. The standard InChI is InChI=1S/C18H24ClNO4/c1-18(2,3)24-17(22)20-9-7-13(8-10-20)12-23-15-6-4-5-14(11-21)16(15)19/h4-6,11,13H,7-10,12H2,1-3H3. The number of nitrogens with zero attached hydrogens (tertiary/aromatic N) is 1. The van der Waals surface area contributed by atoms with Gasteiger partial charge in [0.1, 0.15) is 11.4 Å². The number of likely N-dealkylation sites (tertiary alicyclic amines) is 1. The van der Waals surface area contributed by atoms with E-state index in [4.69, 9.17) is 21.1 Å². The van der Waals surface area contributed by atoms with Crippen molar-refractivity contribution >= 4 is 24.0 Å². The second-order valence-corrected chi connectivity index (χ2v) is 7.38. The summed E-state index contributed by atoms with van der Waals surface area (Å²) in [5.41, 5.74) is -0.0499. The van der Waals surface area contributed by atoms with Crippen LogP contribution in [0, 0.1) is 5.92 Å². The Kier molecular flexibility index (Phi) is 6.10. The van der Waals surface area contributed by atoms with E-state index >= 15 is 0 Å². The SMILES string of the molecule is CC(C)(C)OC(=O)N1CCC(COc2cccc(C=O)c2Cl)CC1. The number of carbonyl (C=O) groups excluding carboxylic acids is 2. The zero-order valence-electron chi connectivity index (χ0n) is 14.4. The molecular formula is C18H24ClNO4. The predicted molar refractivity (Wildman–Crippen MR) is 92.9 cm³/mol. The molecule has 1 fully saturated rings. The number of ether oxygens (including phenoxy) is 2. The van der Waals surface area contributed by atoms with E-state index in [1.165, 1.54) is 0 Å². The summed E-state index contributed by atoms with van der Waals surface area (Å²) < 4.78 is 11.2. The molecule has 0 bridgehead atoms. The Hall–Kier alpha value is -1.75. The van der Waals surface area contributed by atoms with E-state index in [-0.39, 0.29) is 6.09 Å². The first-order chi connectivity index (χ1) is 11.3. The summed E-state index contributed by atoms with van der Waals surface area (Å²) in [6, 6.07) is 5.16. The summed E-state index contributed by atoms with van der Waals surface area (Å²) in [6.07, 6.45) is 2.16. The van der Waals surface area contributed by atoms with Crippen LogP contribution in [0.5, 0.6) is 5.75 Å². The molecule has 1 aromatic rings. The zero-order valence-corrected chi connectivity index (χ0v) is 15.1. The van der Waals surface area contributed by atoms with E-state index in [2.05, 4.69) is 0 Å². The average molecular weight is 354 g/mol. The van der Waals surface area contributed by atoms with Crippen LogP contribution in [0.2, 0.25) is 5.02 Å². The lowest BCUT2D eigenvalue weighted by molar-refractivity contribution is 0.0165. The van der Waals surface area contributed by atoms with Crippen molar-refractivity contribution in [1.29, 1.82) is 0 Å². The number of carbonyl (C=O) groups is 2. The smallest absolute Gasteiger partial charge is 0.410 e. The summed E-state index contributed by atoms with van der Waals surface area (Å²) in [4.78, 5) is 24.7. The highest BCUT2D eigenvalue weighted by molar-refractivity contribution is 6.34. The highest BCUT2D eigenvalue weighted by Crippen LogP contribution is 2.28. The van der Waals surface area contributed by atoms with Crippen LogP contribution in [-0.4, -0.2) is 42.6 Å². The van der Waals surface area contributed by atoms with Crippen molar-refractivity contribution in [3.05, 3.63) is 28.8 Å². The van der Waals surface area contributed by atoms with Gasteiger partial charge in [-0.25, -0.2) is 4.79 Å². The molecule has 1 amide bonds. The number of aldehydes is 1. The maximum Gasteiger partial charge on any atom is 0.410 e. The van der Waals surface area contributed by atoms with Gasteiger partial charge in [-0.15, -0.1) is 0 Å². The summed E-state index contributed by atoms with van der Waals surface area (Å²) in [6.45, 7) is 7.42. The van der Waals surface area contributed by atoms with Crippen LogP contribution < -0.4 is 4.74 Å². The van der Waals surface area contributed by atoms with Crippen molar-refractivity contribution in [3.8, 4) is 5.75 Å². The number of hydrogen-bond donors (Lipinski definition) is 0. The molecule has 1 aromatic carbocycles. The van der Waals surface area contributed by atoms with Crippen molar-refractivity contribution in [3.63, 3.8) is 0 Å². The average Bonchev–Trinajstić information content (AvgIpc) is 2.53. The van der Waals surface area contributed by atoms with Gasteiger partial charge >= 0.3 is 6.09 Å². The molecule has 1 heterocycles. The Bertz CT molecular complexity index is 589. The summed E-state index contributed by atoms with van der Waals surface area (Å²) in [5, 5.41) is 0.346. The minimum atomic E-state index is -0.475. The molecule has 2 rings (SSSR count). The van der Waals surface area contributed by atoms with Gasteiger partial charge in [-0.2, -0.15) is 0 Å². The second kappa shape index (κ2) is 7.88. The molecule has 6 heteroatoms. The van der Waals surface area contributed by atoms with Gasteiger partial charge in [-0.3, -0.25) is 4.79 Å². The van der Waals surface area contributed by atoms with Gasteiger partial charge < -0.3 is 14.4 Å². The second-order valence-electron chi connectivity index (χ2n) is 7.00. The van der Waals surface area contributed by atoms with Crippen LogP contribution in [0.3, 0.4) is 0 Å². The quantitative estimate of drug-likeness (QED) is 0.762. The molecular weight excluding hydrogens is 330 g/mol. The Morgan fingerprint density at radius 1 is 1.33 bits per heavy atom. The van der Waals surface area contributed by atoms with E-state index in [0.717, 1.165) is 12.8 Å². The molecule has 0 radical (unpaired) electrons. The maximum atomic E-state index is 12.0. The van der Waals surface area contributed by atoms with Crippen LogP contribution >= 0.6 is 11.6 Å². The number of piperidine rings is 1. The van der Waals surface area contributed by atoms with E-state index in [1.807, 2.05) is 20.8 Å². The molecule has 1 saturated heterocycles. The minimum absolute atomic E-state index is 0.261. The molecule has 0 N–H and O–H groups in total. The molecule has 0 saturated carbocycles. The van der Waals surface area contributed by atoms with Crippen molar-refractivity contribution in [1.82, 2.24) is 4.90 Å². The molecule has 0 aliphatic carbocycles. The highest BCUT2D eigenvalue weighted by Gasteiger charge is 2.27. The summed E-state index contributed by atoms with van der Waals surface area (Å²) in [5.74, 6) is 0.871. The van der Waals surface area contributed by atoms with Gasteiger partial charge in [0.25, 0.3) is 0 Å². The highest BCUT2D eigenvalue weighted by atomic mass is 35.5. The first-order valence-electron chi connectivity index (χ1n) is 8.14. The largest absolute Gasteiger partial charge is 0.492 e. The van der Waals surface area contributed by atoms with Gasteiger partial charge in [0.15, 0.2) is 6.29 Å². The van der Waals surface area contributed by atoms with Crippen LogP contribution in [0.15, 0.2) is 18.2 Å². The molecule has 0 aromatic heterocycles. The van der Waals surface area contributed by atoms with Crippen LogP contribution in [0.1, 0.15) is 44.0 Å². The molecule has 0 spiro atoms. The van der Waals surface area contributed by atoms with Crippen LogP contribution in [0.25, 0.3) is 0 Å². The fourth-order valence-corrected chi connectivity index (χ4v) is 2.77. The molecule has 5 nitrogen and oxygen atoms in total. The monoisotopic (exact) mass is 353 g/mol. The van der Waals surface area contributed by atoms with Gasteiger partial charge in [0.2, 0.25) is 0 Å². The van der Waals surface area contributed by atoms with Gasteiger partial charge in [0.05, 0.1) is 11.6 Å². The van der Waals surface area contributed by atoms with Gasteiger partial charge in [-0.05, 0) is 51.7 Å². The van der Waals surface area contributed by atoms with Crippen LogP contribution in [0.4, 0.5) is 4.79 Å². The van der Waals surface area contributed by atoms with E-state index in [1.54, 1.807) is 23.1 Å². The third kappa shape index (κ3) is 5.13. The number of benzene rings is 1. The first-order valence-corrected chi connectivity index (χ1v) is 8.52. The number of amides is 1. The van der Waals surface area contributed by atoms with Crippen molar-refractivity contribution in [2.75, 3.05) is 19.7 Å². The van der Waals surface area contributed by atoms with E-state index in [0.29, 0.717) is 48.2 Å². The van der Waals surface area contributed by atoms with Crippen LogP contribution in [-0.2, 0) is 4.74 Å². The Morgan fingerprint density at radius 3 is 2.58 bits per heavy atom. The lowest BCUT2D eigenvalue weighted by Crippen LogP contribution is -2.42. The molecule has 1 aliphatic rings. The maximum absolute atomic E-state index is 12.0. The van der Waals surface area contributed by atoms with Crippen molar-refractivity contribution < 1.29 is 19.1 Å². The fraction of sp³-hybridized carbons (Fsp3) is 0.556. The third-order valence-electron chi connectivity index (χ3n) is 3.86. The molecule has 1 aliphatic heterocycles. The Morgan fingerprint density at radius 2 is 2.00 bits per heavy atom. The van der Waals surface area contributed by atoms with E-state index < -0.39 is 5.60 Å². The van der Waals surface area contributed by atoms with Crippen molar-refractivity contribution in [2.24, 2.45) is 5.92 Å². The molecule has 0 unspecified atom stereocenters. The summed E-state index contributed by atoms with van der Waals surface area (Å²) >= 11 is 6.13. The lowest BCUT2D eigenvalue weighted by atomic mass is 9.98. The molecule has 132 valence electrons. The first kappa shape index (κ1) is 18.6. The fourth-order valence-electron chi connectivity index (χ4n) is 2.55. The normalized spacial score (nSPS) is 15.9. The lowest BCUT2D eigenvalue weighted by Gasteiger charge is -2.33. The Labute approximate surface area is 147 Å². The molecule has 0 atom stereocenters. The zero-order chi connectivity index (χ0) is 17.7. The topological polar surface area (TPSA) is 55.8 Å². The van der Waals surface area contributed by atoms with E-state index in [9.17, 15) is 9.59 Å². The molecule has 24 heavy (non-hydrogen) atoms. The number of hydrogen-bond acceptors (Lipinski definition) is 4. The van der Waals surface area contributed by atoms with Crippen molar-refractivity contribution in [2.45, 2.75) is 39.2 Å². The predicted octanol–water partition coefficient (Wildman–Crippen LogP) is 4.18. The number of halogens is 1.